The Balaban J connectivity index is 1.61. The molecule has 2 N–H and O–H groups in total. The second-order valence-corrected chi connectivity index (χ2v) is 9.28. The third kappa shape index (κ3) is 6.17. The molecular weight excluding hydrogens is 396 g/mol. The highest BCUT2D eigenvalue weighted by molar-refractivity contribution is 7.89. The van der Waals surface area contributed by atoms with Crippen LogP contribution in [0, 0.1) is 0 Å². The maximum absolute atomic E-state index is 12.5. The molecule has 29 heavy (non-hydrogen) atoms. The van der Waals surface area contributed by atoms with Gasteiger partial charge in [0.15, 0.2) is 6.61 Å². The number of ether oxygens (including phenoxy) is 2. The van der Waals surface area contributed by atoms with E-state index in [2.05, 4.69) is 10.0 Å². The monoisotopic (exact) mass is 424 g/mol. The molecule has 0 atom stereocenters. The van der Waals surface area contributed by atoms with E-state index in [-0.39, 0.29) is 34.2 Å². The molecule has 2 aliphatic rings. The van der Waals surface area contributed by atoms with Crippen LogP contribution in [0.25, 0.3) is 0 Å². The van der Waals surface area contributed by atoms with Crippen molar-refractivity contribution in [2.75, 3.05) is 13.7 Å². The molecule has 0 unspecified atom stereocenters. The zero-order chi connectivity index (χ0) is 20.9. The molecule has 0 heterocycles. The number of benzene rings is 1. The molecule has 0 saturated heterocycles. The van der Waals surface area contributed by atoms with Gasteiger partial charge in [0.2, 0.25) is 10.0 Å². The summed E-state index contributed by atoms with van der Waals surface area (Å²) in [6.07, 6.45) is 7.99. The van der Waals surface area contributed by atoms with Gasteiger partial charge in [-0.15, -0.1) is 0 Å². The highest BCUT2D eigenvalue weighted by Crippen LogP contribution is 2.28. The molecule has 0 aliphatic heterocycles. The minimum absolute atomic E-state index is 0.0456. The molecule has 1 aromatic carbocycles. The number of methoxy groups -OCH3 is 1. The van der Waals surface area contributed by atoms with Crippen LogP contribution in [0.3, 0.4) is 0 Å². The fourth-order valence-corrected chi connectivity index (χ4v) is 4.91. The van der Waals surface area contributed by atoms with Crippen molar-refractivity contribution in [1.29, 1.82) is 0 Å². The summed E-state index contributed by atoms with van der Waals surface area (Å²) in [5.41, 5.74) is 0.0456. The van der Waals surface area contributed by atoms with Crippen LogP contribution in [0.1, 0.15) is 61.7 Å². The second-order valence-electron chi connectivity index (χ2n) is 7.59. The molecular formula is C20H28N2O6S. The zero-order valence-electron chi connectivity index (χ0n) is 16.6. The standard InChI is InChI=1S/C20H28N2O6S/c1-27-17-11-8-14(12-18(17)29(25,26)22-16-9-10-16)20(24)28-13-19(23)21-15-6-4-2-3-5-7-15/h8,11-12,15-16,22H,2-7,9-10,13H2,1H3,(H,21,23). The van der Waals surface area contributed by atoms with E-state index in [0.717, 1.165) is 38.5 Å². The second kappa shape index (κ2) is 9.58. The van der Waals surface area contributed by atoms with Crippen molar-refractivity contribution in [3.63, 3.8) is 0 Å². The summed E-state index contributed by atoms with van der Waals surface area (Å²) in [6.45, 7) is -0.399. The number of rotatable bonds is 8. The normalized spacial score (nSPS) is 18.0. The first-order valence-corrected chi connectivity index (χ1v) is 11.5. The van der Waals surface area contributed by atoms with Gasteiger partial charge in [-0.25, -0.2) is 17.9 Å². The predicted octanol–water partition coefficient (Wildman–Crippen LogP) is 2.13. The molecule has 0 aromatic heterocycles. The van der Waals surface area contributed by atoms with Gasteiger partial charge >= 0.3 is 5.97 Å². The topological polar surface area (TPSA) is 111 Å². The zero-order valence-corrected chi connectivity index (χ0v) is 17.4. The van der Waals surface area contributed by atoms with Crippen LogP contribution in [0.4, 0.5) is 0 Å². The minimum atomic E-state index is -3.81. The van der Waals surface area contributed by atoms with E-state index in [0.29, 0.717) is 0 Å². The number of carbonyl (C=O) groups is 2. The first-order valence-electron chi connectivity index (χ1n) is 10.1. The largest absolute Gasteiger partial charge is 0.495 e. The number of nitrogens with one attached hydrogen (secondary N) is 2. The fourth-order valence-electron chi connectivity index (χ4n) is 3.41. The van der Waals surface area contributed by atoms with E-state index in [9.17, 15) is 18.0 Å². The lowest BCUT2D eigenvalue weighted by Gasteiger charge is -2.16. The number of esters is 1. The third-order valence-electron chi connectivity index (χ3n) is 5.14. The lowest BCUT2D eigenvalue weighted by molar-refractivity contribution is -0.125. The molecule has 3 rings (SSSR count). The summed E-state index contributed by atoms with van der Waals surface area (Å²) in [7, 11) is -2.45. The Hall–Kier alpha value is -2.13. The number of carbonyl (C=O) groups excluding carboxylic acids is 2. The van der Waals surface area contributed by atoms with Crippen molar-refractivity contribution in [2.45, 2.75) is 68.3 Å². The van der Waals surface area contributed by atoms with Gasteiger partial charge in [-0.2, -0.15) is 0 Å². The SMILES string of the molecule is COc1ccc(C(=O)OCC(=O)NC2CCCCCC2)cc1S(=O)(=O)NC1CC1. The van der Waals surface area contributed by atoms with Crippen molar-refractivity contribution in [2.24, 2.45) is 0 Å². The van der Waals surface area contributed by atoms with Crippen molar-refractivity contribution >= 4 is 21.9 Å². The molecule has 0 bridgehead atoms. The van der Waals surface area contributed by atoms with Gasteiger partial charge in [-0.05, 0) is 43.9 Å². The third-order valence-corrected chi connectivity index (χ3v) is 6.68. The highest BCUT2D eigenvalue weighted by Gasteiger charge is 2.30. The summed E-state index contributed by atoms with van der Waals surface area (Å²) in [6, 6.07) is 4.09. The molecule has 0 spiro atoms. The summed E-state index contributed by atoms with van der Waals surface area (Å²) < 4.78 is 37.9. The Morgan fingerprint density at radius 3 is 2.34 bits per heavy atom. The van der Waals surface area contributed by atoms with Gasteiger partial charge in [0.1, 0.15) is 10.6 Å². The molecule has 2 aliphatic carbocycles. The maximum atomic E-state index is 12.5. The lowest BCUT2D eigenvalue weighted by Crippen LogP contribution is -2.37. The smallest absolute Gasteiger partial charge is 0.338 e. The van der Waals surface area contributed by atoms with Crippen molar-refractivity contribution in [3.8, 4) is 5.75 Å². The van der Waals surface area contributed by atoms with E-state index in [4.69, 9.17) is 9.47 Å². The Morgan fingerprint density at radius 2 is 1.72 bits per heavy atom. The van der Waals surface area contributed by atoms with E-state index in [1.807, 2.05) is 0 Å². The number of hydrogen-bond acceptors (Lipinski definition) is 6. The summed E-state index contributed by atoms with van der Waals surface area (Å²) in [4.78, 5) is 24.3. The summed E-state index contributed by atoms with van der Waals surface area (Å²) >= 11 is 0. The van der Waals surface area contributed by atoms with Gasteiger partial charge < -0.3 is 14.8 Å². The average Bonchev–Trinajstić information content (AvgIpc) is 3.53. The molecule has 1 aromatic rings. The fraction of sp³-hybridized carbons (Fsp3) is 0.600. The summed E-state index contributed by atoms with van der Waals surface area (Å²) in [5.74, 6) is -0.964. The van der Waals surface area contributed by atoms with Crippen LogP contribution in [0.2, 0.25) is 0 Å². The minimum Gasteiger partial charge on any atom is -0.495 e. The van der Waals surface area contributed by atoms with Crippen LogP contribution in [0.15, 0.2) is 23.1 Å². The van der Waals surface area contributed by atoms with E-state index in [1.54, 1.807) is 0 Å². The lowest BCUT2D eigenvalue weighted by atomic mass is 10.1. The van der Waals surface area contributed by atoms with Crippen LogP contribution in [0.5, 0.6) is 5.75 Å². The van der Waals surface area contributed by atoms with Gasteiger partial charge in [-0.1, -0.05) is 25.7 Å². The van der Waals surface area contributed by atoms with E-state index < -0.39 is 22.6 Å². The molecule has 0 radical (unpaired) electrons. The first kappa shape index (κ1) is 21.6. The van der Waals surface area contributed by atoms with E-state index >= 15 is 0 Å². The van der Waals surface area contributed by atoms with Crippen LogP contribution < -0.4 is 14.8 Å². The van der Waals surface area contributed by atoms with Crippen LogP contribution >= 0.6 is 0 Å². The predicted molar refractivity (Wildman–Crippen MR) is 106 cm³/mol. The molecule has 9 heteroatoms. The van der Waals surface area contributed by atoms with Gasteiger partial charge in [0.05, 0.1) is 12.7 Å². The van der Waals surface area contributed by atoms with Crippen molar-refractivity contribution < 1.29 is 27.5 Å². The van der Waals surface area contributed by atoms with Crippen molar-refractivity contribution in [1.82, 2.24) is 10.0 Å². The van der Waals surface area contributed by atoms with Gasteiger partial charge in [-0.3, -0.25) is 4.79 Å². The van der Waals surface area contributed by atoms with Crippen LogP contribution in [-0.2, 0) is 19.6 Å². The van der Waals surface area contributed by atoms with Gasteiger partial charge in [0, 0.05) is 12.1 Å². The molecule has 160 valence electrons. The average molecular weight is 425 g/mol. The Bertz CT molecular complexity index is 843. The molecule has 2 fully saturated rings. The quantitative estimate of drug-likeness (QED) is 0.489. The Morgan fingerprint density at radius 1 is 1.03 bits per heavy atom. The Labute approximate surface area is 171 Å². The highest BCUT2D eigenvalue weighted by atomic mass is 32.2. The first-order chi connectivity index (χ1) is 13.9. The number of hydrogen-bond donors (Lipinski definition) is 2. The molecule has 2 saturated carbocycles. The molecule has 8 nitrogen and oxygen atoms in total. The number of amides is 1. The van der Waals surface area contributed by atoms with E-state index in [1.165, 1.54) is 38.2 Å². The maximum Gasteiger partial charge on any atom is 0.338 e. The van der Waals surface area contributed by atoms with Gasteiger partial charge in [0.25, 0.3) is 5.91 Å². The Kier molecular flexibility index (Phi) is 7.13. The summed E-state index contributed by atoms with van der Waals surface area (Å²) in [5, 5.41) is 2.91. The number of sulfonamides is 1. The molecule has 1 amide bonds. The van der Waals surface area contributed by atoms with Crippen molar-refractivity contribution in [3.05, 3.63) is 23.8 Å². The van der Waals surface area contributed by atoms with Crippen LogP contribution in [-0.4, -0.2) is 46.1 Å².